The molecule has 1 amide bonds. The zero-order chi connectivity index (χ0) is 13.1. The summed E-state index contributed by atoms with van der Waals surface area (Å²) < 4.78 is 10.9. The van der Waals surface area contributed by atoms with Crippen LogP contribution < -0.4 is 5.32 Å². The molecule has 1 saturated heterocycles. The average Bonchev–Trinajstić information content (AvgIpc) is 3.07. The number of nitrogens with zero attached hydrogens (tertiary/aromatic N) is 1. The average molecular weight is 260 g/mol. The van der Waals surface area contributed by atoms with Crippen LogP contribution in [0.2, 0.25) is 0 Å². The summed E-state index contributed by atoms with van der Waals surface area (Å²) >= 11 is 0. The first-order chi connectivity index (χ1) is 9.33. The van der Waals surface area contributed by atoms with Crippen LogP contribution in [-0.4, -0.2) is 30.1 Å². The Morgan fingerprint density at radius 1 is 1.42 bits per heavy atom. The van der Waals surface area contributed by atoms with Crippen LogP contribution in [0.1, 0.15) is 18.7 Å². The number of ether oxygens (including phenoxy) is 1. The van der Waals surface area contributed by atoms with Gasteiger partial charge in [-0.05, 0) is 25.0 Å². The topological polar surface area (TPSA) is 64.4 Å². The summed E-state index contributed by atoms with van der Waals surface area (Å²) in [5, 5.41) is 2.85. The van der Waals surface area contributed by atoms with Crippen molar-refractivity contribution in [1.82, 2.24) is 10.3 Å². The van der Waals surface area contributed by atoms with Crippen molar-refractivity contribution in [3.05, 3.63) is 30.2 Å². The molecule has 5 nitrogen and oxygen atoms in total. The number of amides is 1. The van der Waals surface area contributed by atoms with Crippen LogP contribution in [0.5, 0.6) is 0 Å². The van der Waals surface area contributed by atoms with E-state index in [0.29, 0.717) is 25.5 Å². The van der Waals surface area contributed by atoms with Gasteiger partial charge in [-0.1, -0.05) is 12.1 Å². The lowest BCUT2D eigenvalue weighted by molar-refractivity contribution is -0.130. The van der Waals surface area contributed by atoms with Crippen LogP contribution in [0.25, 0.3) is 11.1 Å². The highest BCUT2D eigenvalue weighted by Gasteiger charge is 2.22. The van der Waals surface area contributed by atoms with Crippen LogP contribution >= 0.6 is 0 Å². The second kappa shape index (κ2) is 5.40. The van der Waals surface area contributed by atoms with E-state index in [1.165, 1.54) is 0 Å². The number of hydrogen-bond acceptors (Lipinski definition) is 4. The lowest BCUT2D eigenvalue weighted by Gasteiger charge is -2.09. The molecular weight excluding hydrogens is 244 g/mol. The molecule has 1 aliphatic rings. The van der Waals surface area contributed by atoms with Crippen molar-refractivity contribution in [3.8, 4) is 0 Å². The number of nitrogens with one attached hydrogen (secondary N) is 1. The van der Waals surface area contributed by atoms with Gasteiger partial charge >= 0.3 is 0 Å². The van der Waals surface area contributed by atoms with Crippen LogP contribution in [0, 0.1) is 0 Å². The lowest BCUT2D eigenvalue weighted by atomic mass is 10.2. The Kier molecular flexibility index (Phi) is 3.46. The summed E-state index contributed by atoms with van der Waals surface area (Å²) in [4.78, 5) is 16.1. The van der Waals surface area contributed by atoms with Crippen molar-refractivity contribution in [1.29, 1.82) is 0 Å². The fourth-order valence-corrected chi connectivity index (χ4v) is 2.22. The zero-order valence-electron chi connectivity index (χ0n) is 10.6. The third-order valence-electron chi connectivity index (χ3n) is 3.20. The van der Waals surface area contributed by atoms with Crippen LogP contribution in [0.3, 0.4) is 0 Å². The zero-order valence-corrected chi connectivity index (χ0v) is 10.6. The van der Waals surface area contributed by atoms with Gasteiger partial charge in [0.2, 0.25) is 5.91 Å². The number of rotatable bonds is 4. The summed E-state index contributed by atoms with van der Waals surface area (Å²) in [6.45, 7) is 1.20. The van der Waals surface area contributed by atoms with E-state index in [4.69, 9.17) is 9.15 Å². The molecule has 1 unspecified atom stereocenters. The number of benzene rings is 1. The van der Waals surface area contributed by atoms with Gasteiger partial charge in [0.1, 0.15) is 11.6 Å². The molecule has 1 atom stereocenters. The lowest BCUT2D eigenvalue weighted by Crippen LogP contribution is -2.35. The smallest absolute Gasteiger partial charge is 0.249 e. The maximum absolute atomic E-state index is 11.7. The summed E-state index contributed by atoms with van der Waals surface area (Å²) in [7, 11) is 0. The van der Waals surface area contributed by atoms with E-state index in [9.17, 15) is 4.79 Å². The first-order valence-electron chi connectivity index (χ1n) is 6.57. The molecule has 2 heterocycles. The standard InChI is InChI=1S/C14H16N2O3/c17-14(12-6-3-9-18-12)15-8-7-13-16-10-4-1-2-5-11(10)19-13/h1-2,4-5,12H,3,6-9H2,(H,15,17). The van der Waals surface area contributed by atoms with Gasteiger partial charge in [0.25, 0.3) is 0 Å². The first-order valence-corrected chi connectivity index (χ1v) is 6.57. The van der Waals surface area contributed by atoms with E-state index in [2.05, 4.69) is 10.3 Å². The molecule has 0 saturated carbocycles. The minimum atomic E-state index is -0.274. The molecule has 0 spiro atoms. The maximum atomic E-state index is 11.7. The molecule has 2 aromatic rings. The van der Waals surface area contributed by atoms with E-state index in [1.54, 1.807) is 0 Å². The molecule has 0 aliphatic carbocycles. The van der Waals surface area contributed by atoms with Gasteiger partial charge in [-0.15, -0.1) is 0 Å². The Labute approximate surface area is 111 Å². The summed E-state index contributed by atoms with van der Waals surface area (Å²) in [5.74, 6) is 0.613. The molecule has 1 aromatic heterocycles. The van der Waals surface area contributed by atoms with Gasteiger partial charge in [-0.25, -0.2) is 4.98 Å². The van der Waals surface area contributed by atoms with Crippen molar-refractivity contribution >= 4 is 17.0 Å². The van der Waals surface area contributed by atoms with Crippen molar-refractivity contribution < 1.29 is 13.9 Å². The molecular formula is C14H16N2O3. The number of oxazole rings is 1. The second-order valence-corrected chi connectivity index (χ2v) is 4.62. The van der Waals surface area contributed by atoms with E-state index < -0.39 is 0 Å². The van der Waals surface area contributed by atoms with Gasteiger partial charge in [-0.2, -0.15) is 0 Å². The minimum Gasteiger partial charge on any atom is -0.441 e. The van der Waals surface area contributed by atoms with Gasteiger partial charge in [-0.3, -0.25) is 4.79 Å². The van der Waals surface area contributed by atoms with Crippen molar-refractivity contribution in [2.24, 2.45) is 0 Å². The predicted molar refractivity (Wildman–Crippen MR) is 69.7 cm³/mol. The third-order valence-corrected chi connectivity index (χ3v) is 3.20. The van der Waals surface area contributed by atoms with Crippen LogP contribution in [0.15, 0.2) is 28.7 Å². The molecule has 1 fully saturated rings. The van der Waals surface area contributed by atoms with Crippen LogP contribution in [0.4, 0.5) is 0 Å². The van der Waals surface area contributed by atoms with Crippen molar-refractivity contribution in [2.45, 2.75) is 25.4 Å². The third kappa shape index (κ3) is 2.76. The molecule has 1 aromatic carbocycles. The van der Waals surface area contributed by atoms with Gasteiger partial charge in [0.05, 0.1) is 0 Å². The highest BCUT2D eigenvalue weighted by Crippen LogP contribution is 2.15. The largest absolute Gasteiger partial charge is 0.441 e. The van der Waals surface area contributed by atoms with Gasteiger partial charge in [0, 0.05) is 19.6 Å². The normalized spacial score (nSPS) is 18.8. The second-order valence-electron chi connectivity index (χ2n) is 4.62. The highest BCUT2D eigenvalue weighted by molar-refractivity contribution is 5.80. The number of para-hydroxylation sites is 2. The minimum absolute atomic E-state index is 0.0337. The molecule has 19 heavy (non-hydrogen) atoms. The number of carbonyl (C=O) groups is 1. The maximum Gasteiger partial charge on any atom is 0.249 e. The summed E-state index contributed by atoms with van der Waals surface area (Å²) in [6, 6.07) is 7.63. The van der Waals surface area contributed by atoms with E-state index in [-0.39, 0.29) is 12.0 Å². The molecule has 3 rings (SSSR count). The first kappa shape index (κ1) is 12.2. The number of fused-ring (bicyclic) bond motifs is 1. The Hall–Kier alpha value is -1.88. The Morgan fingerprint density at radius 3 is 3.11 bits per heavy atom. The van der Waals surface area contributed by atoms with E-state index in [0.717, 1.165) is 23.9 Å². The predicted octanol–water partition coefficient (Wildman–Crippen LogP) is 1.67. The SMILES string of the molecule is O=C(NCCc1nc2ccccc2o1)C1CCCO1. The molecule has 5 heteroatoms. The quantitative estimate of drug-likeness (QED) is 0.908. The Morgan fingerprint density at radius 2 is 2.32 bits per heavy atom. The molecule has 1 aliphatic heterocycles. The molecule has 0 bridgehead atoms. The Balaban J connectivity index is 1.53. The molecule has 100 valence electrons. The van der Waals surface area contributed by atoms with Gasteiger partial charge in [0.15, 0.2) is 11.5 Å². The molecule has 0 radical (unpaired) electrons. The number of hydrogen-bond donors (Lipinski definition) is 1. The monoisotopic (exact) mass is 260 g/mol. The van der Waals surface area contributed by atoms with Crippen molar-refractivity contribution in [3.63, 3.8) is 0 Å². The van der Waals surface area contributed by atoms with E-state index in [1.807, 2.05) is 24.3 Å². The van der Waals surface area contributed by atoms with E-state index >= 15 is 0 Å². The van der Waals surface area contributed by atoms with Crippen LogP contribution in [-0.2, 0) is 16.0 Å². The fourth-order valence-electron chi connectivity index (χ4n) is 2.22. The summed E-state index contributed by atoms with van der Waals surface area (Å²) in [5.41, 5.74) is 1.63. The van der Waals surface area contributed by atoms with Gasteiger partial charge < -0.3 is 14.5 Å². The van der Waals surface area contributed by atoms with Crippen molar-refractivity contribution in [2.75, 3.05) is 13.2 Å². The Bertz CT molecular complexity index is 540. The molecule has 1 N–H and O–H groups in total. The fraction of sp³-hybridized carbons (Fsp3) is 0.429. The number of aromatic nitrogens is 1. The highest BCUT2D eigenvalue weighted by atomic mass is 16.5. The number of carbonyl (C=O) groups excluding carboxylic acids is 1. The summed E-state index contributed by atoms with van der Waals surface area (Å²) in [6.07, 6.45) is 2.09.